The molecule has 1 fully saturated rings. The Morgan fingerprint density at radius 2 is 2.08 bits per heavy atom. The van der Waals surface area contributed by atoms with Gasteiger partial charge in [0, 0.05) is 10.9 Å². The Labute approximate surface area is 150 Å². The quantitative estimate of drug-likeness (QED) is 0.669. The standard InChI is InChI=1S/C16H19N3O6S/c1-9(2)3-4-25-16(22)12-5-10-6-14(20)13(7-11(10)17-12)19-8-15(21)18-26(19,23)24/h5-7,9,17,20H,3-4,8H2,1-2H3,(H,18,21). The van der Waals surface area contributed by atoms with Gasteiger partial charge < -0.3 is 14.8 Å². The summed E-state index contributed by atoms with van der Waals surface area (Å²) in [5.41, 5.74) is 0.569. The molecule has 0 bridgehead atoms. The number of nitrogens with zero attached hydrogens (tertiary/aromatic N) is 1. The molecule has 1 amide bonds. The van der Waals surface area contributed by atoms with Gasteiger partial charge >= 0.3 is 16.2 Å². The van der Waals surface area contributed by atoms with Crippen LogP contribution >= 0.6 is 0 Å². The molecule has 1 aromatic carbocycles. The number of phenols is 1. The van der Waals surface area contributed by atoms with Crippen LogP contribution in [0.5, 0.6) is 5.75 Å². The highest BCUT2D eigenvalue weighted by Gasteiger charge is 2.35. The smallest absolute Gasteiger partial charge is 0.354 e. The molecule has 1 aromatic heterocycles. The van der Waals surface area contributed by atoms with Crippen LogP contribution in [0.2, 0.25) is 0 Å². The second-order valence-corrected chi connectivity index (χ2v) is 8.06. The number of phenolic OH excluding ortho intramolecular Hbond substituents is 1. The molecule has 1 aliphatic rings. The number of H-pyrrole nitrogens is 1. The summed E-state index contributed by atoms with van der Waals surface area (Å²) in [4.78, 5) is 26.3. The number of amides is 1. The summed E-state index contributed by atoms with van der Waals surface area (Å²) in [6, 6.07) is 4.20. The maximum atomic E-state index is 12.1. The zero-order valence-corrected chi connectivity index (χ0v) is 15.1. The third-order valence-corrected chi connectivity index (χ3v) is 5.34. The molecule has 140 valence electrons. The molecule has 2 aromatic rings. The van der Waals surface area contributed by atoms with E-state index in [1.165, 1.54) is 18.2 Å². The van der Waals surface area contributed by atoms with E-state index in [4.69, 9.17) is 4.74 Å². The number of anilines is 1. The number of carbonyl (C=O) groups is 2. The summed E-state index contributed by atoms with van der Waals surface area (Å²) >= 11 is 0. The Kier molecular flexibility index (Phi) is 4.53. The number of esters is 1. The zero-order chi connectivity index (χ0) is 19.1. The van der Waals surface area contributed by atoms with Crippen LogP contribution < -0.4 is 9.03 Å². The lowest BCUT2D eigenvalue weighted by Gasteiger charge is -2.16. The number of fused-ring (bicyclic) bond motifs is 1. The third-order valence-electron chi connectivity index (χ3n) is 3.95. The predicted molar refractivity (Wildman–Crippen MR) is 94.1 cm³/mol. The van der Waals surface area contributed by atoms with Crippen LogP contribution in [0.1, 0.15) is 30.8 Å². The minimum atomic E-state index is -4.04. The van der Waals surface area contributed by atoms with Crippen molar-refractivity contribution in [3.05, 3.63) is 23.9 Å². The molecule has 1 aliphatic heterocycles. The van der Waals surface area contributed by atoms with Crippen molar-refractivity contribution >= 4 is 38.7 Å². The predicted octanol–water partition coefficient (Wildman–Crippen LogP) is 1.26. The van der Waals surface area contributed by atoms with E-state index < -0.39 is 28.6 Å². The second kappa shape index (κ2) is 6.52. The van der Waals surface area contributed by atoms with Crippen LogP contribution in [0, 0.1) is 5.92 Å². The van der Waals surface area contributed by atoms with Crippen molar-refractivity contribution in [3.8, 4) is 5.75 Å². The van der Waals surface area contributed by atoms with Crippen molar-refractivity contribution in [1.82, 2.24) is 9.71 Å². The van der Waals surface area contributed by atoms with Crippen LogP contribution in [0.15, 0.2) is 18.2 Å². The molecule has 10 heteroatoms. The lowest BCUT2D eigenvalue weighted by molar-refractivity contribution is -0.117. The van der Waals surface area contributed by atoms with E-state index in [2.05, 4.69) is 4.98 Å². The van der Waals surface area contributed by atoms with Gasteiger partial charge in [0.15, 0.2) is 0 Å². The van der Waals surface area contributed by atoms with E-state index in [1.54, 1.807) is 0 Å². The third kappa shape index (κ3) is 3.45. The summed E-state index contributed by atoms with van der Waals surface area (Å²) in [5.74, 6) is -1.14. The number of aromatic nitrogens is 1. The molecular formula is C16H19N3O6S. The van der Waals surface area contributed by atoms with E-state index in [9.17, 15) is 23.1 Å². The summed E-state index contributed by atoms with van der Waals surface area (Å²) in [6.07, 6.45) is 0.741. The topological polar surface area (TPSA) is 129 Å². The fourth-order valence-corrected chi connectivity index (χ4v) is 3.75. The van der Waals surface area contributed by atoms with Gasteiger partial charge in [0.2, 0.25) is 0 Å². The number of carbonyl (C=O) groups excluding carboxylic acids is 2. The van der Waals surface area contributed by atoms with E-state index in [0.717, 1.165) is 10.7 Å². The number of aromatic amines is 1. The first kappa shape index (κ1) is 18.1. The van der Waals surface area contributed by atoms with Crippen molar-refractivity contribution in [1.29, 1.82) is 0 Å². The number of benzene rings is 1. The largest absolute Gasteiger partial charge is 0.506 e. The van der Waals surface area contributed by atoms with Crippen LogP contribution in [0.4, 0.5) is 5.69 Å². The Bertz CT molecular complexity index is 979. The normalized spacial score (nSPS) is 16.3. The number of hydrogen-bond donors (Lipinski definition) is 3. The maximum Gasteiger partial charge on any atom is 0.354 e. The summed E-state index contributed by atoms with van der Waals surface area (Å²) in [7, 11) is -4.04. The summed E-state index contributed by atoms with van der Waals surface area (Å²) in [6.45, 7) is 3.91. The molecule has 0 saturated carbocycles. The monoisotopic (exact) mass is 381 g/mol. The fraction of sp³-hybridized carbons (Fsp3) is 0.375. The Hall–Kier alpha value is -2.75. The Morgan fingerprint density at radius 3 is 2.69 bits per heavy atom. The second-order valence-electron chi connectivity index (χ2n) is 6.47. The maximum absolute atomic E-state index is 12.1. The van der Waals surface area contributed by atoms with Crippen LogP contribution in [0.3, 0.4) is 0 Å². The van der Waals surface area contributed by atoms with Gasteiger partial charge in [-0.05, 0) is 30.5 Å². The number of aromatic hydroxyl groups is 1. The van der Waals surface area contributed by atoms with Gasteiger partial charge in [0.05, 0.1) is 12.3 Å². The van der Waals surface area contributed by atoms with E-state index >= 15 is 0 Å². The summed E-state index contributed by atoms with van der Waals surface area (Å²) in [5, 5.41) is 10.7. The van der Waals surface area contributed by atoms with Crippen LogP contribution in [0.25, 0.3) is 10.9 Å². The molecule has 0 aliphatic carbocycles. The first-order valence-corrected chi connectivity index (χ1v) is 9.47. The average molecular weight is 381 g/mol. The van der Waals surface area contributed by atoms with Crippen molar-refractivity contribution in [3.63, 3.8) is 0 Å². The minimum Gasteiger partial charge on any atom is -0.506 e. The van der Waals surface area contributed by atoms with Crippen molar-refractivity contribution in [2.75, 3.05) is 17.5 Å². The lowest BCUT2D eigenvalue weighted by Crippen LogP contribution is -2.29. The fourth-order valence-electron chi connectivity index (χ4n) is 2.59. The minimum absolute atomic E-state index is 0.0579. The van der Waals surface area contributed by atoms with Gasteiger partial charge in [0.1, 0.15) is 18.0 Å². The molecule has 0 radical (unpaired) electrons. The zero-order valence-electron chi connectivity index (χ0n) is 14.3. The average Bonchev–Trinajstić information content (AvgIpc) is 3.05. The van der Waals surface area contributed by atoms with Gasteiger partial charge in [-0.15, -0.1) is 0 Å². The number of nitrogens with one attached hydrogen (secondary N) is 2. The van der Waals surface area contributed by atoms with Gasteiger partial charge in [0.25, 0.3) is 5.91 Å². The molecule has 2 heterocycles. The molecule has 9 nitrogen and oxygen atoms in total. The van der Waals surface area contributed by atoms with Crippen molar-refractivity contribution in [2.45, 2.75) is 20.3 Å². The molecule has 0 atom stereocenters. The first-order chi connectivity index (χ1) is 12.2. The molecule has 0 unspecified atom stereocenters. The van der Waals surface area contributed by atoms with Gasteiger partial charge in [-0.25, -0.2) is 13.8 Å². The lowest BCUT2D eigenvalue weighted by atomic mass is 10.1. The van der Waals surface area contributed by atoms with E-state index in [-0.39, 0.29) is 17.1 Å². The highest BCUT2D eigenvalue weighted by atomic mass is 32.2. The number of hydrogen-bond acceptors (Lipinski definition) is 6. The number of rotatable bonds is 5. The molecule has 26 heavy (non-hydrogen) atoms. The molecule has 3 N–H and O–H groups in total. The van der Waals surface area contributed by atoms with Crippen molar-refractivity contribution in [2.24, 2.45) is 5.92 Å². The first-order valence-electron chi connectivity index (χ1n) is 8.03. The highest BCUT2D eigenvalue weighted by molar-refractivity contribution is 7.92. The molecule has 1 saturated heterocycles. The van der Waals surface area contributed by atoms with Crippen molar-refractivity contribution < 1.29 is 27.9 Å². The molecule has 0 spiro atoms. The highest BCUT2D eigenvalue weighted by Crippen LogP contribution is 2.34. The van der Waals surface area contributed by atoms with Gasteiger partial charge in [-0.2, -0.15) is 8.42 Å². The molecule has 3 rings (SSSR count). The van der Waals surface area contributed by atoms with E-state index in [0.29, 0.717) is 23.4 Å². The SMILES string of the molecule is CC(C)CCOC(=O)c1cc2cc(O)c(N3CC(=O)NS3(=O)=O)cc2[nH]1. The van der Waals surface area contributed by atoms with Gasteiger partial charge in [-0.3, -0.25) is 4.79 Å². The molecular weight excluding hydrogens is 362 g/mol. The summed E-state index contributed by atoms with van der Waals surface area (Å²) < 4.78 is 31.7. The van der Waals surface area contributed by atoms with E-state index in [1.807, 2.05) is 18.6 Å². The Balaban J connectivity index is 1.89. The van der Waals surface area contributed by atoms with Gasteiger partial charge in [-0.1, -0.05) is 13.8 Å². The van der Waals surface area contributed by atoms with Crippen LogP contribution in [-0.2, 0) is 19.7 Å². The van der Waals surface area contributed by atoms with Crippen LogP contribution in [-0.4, -0.2) is 43.5 Å². The number of ether oxygens (including phenoxy) is 1. The Morgan fingerprint density at radius 1 is 1.35 bits per heavy atom.